The molecule has 6 nitrogen and oxygen atoms in total. The molecule has 1 amide bonds. The van der Waals surface area contributed by atoms with Crippen LogP contribution in [0, 0.1) is 11.8 Å². The van der Waals surface area contributed by atoms with Crippen LogP contribution in [0.1, 0.15) is 44.9 Å². The molecular formula is C21H34N2O4. The number of methoxy groups -OCH3 is 3. The van der Waals surface area contributed by atoms with E-state index in [0.29, 0.717) is 12.0 Å². The van der Waals surface area contributed by atoms with Gasteiger partial charge in [0.05, 0.1) is 18.1 Å². The van der Waals surface area contributed by atoms with Crippen LogP contribution < -0.4 is 5.32 Å². The molecule has 2 saturated carbocycles. The van der Waals surface area contributed by atoms with E-state index in [-0.39, 0.29) is 36.3 Å². The van der Waals surface area contributed by atoms with Crippen molar-refractivity contribution in [1.29, 1.82) is 0 Å². The van der Waals surface area contributed by atoms with E-state index in [1.807, 2.05) is 0 Å². The number of carbonyl (C=O) groups is 1. The van der Waals surface area contributed by atoms with E-state index in [1.54, 1.807) is 21.3 Å². The summed E-state index contributed by atoms with van der Waals surface area (Å²) < 4.78 is 17.0. The predicted molar refractivity (Wildman–Crippen MR) is 102 cm³/mol. The van der Waals surface area contributed by atoms with E-state index in [1.165, 1.54) is 18.4 Å². The highest BCUT2D eigenvalue weighted by molar-refractivity contribution is 5.81. The molecule has 2 saturated heterocycles. The standard InChI is InChI=1S/C21H34N2O4/c1-25-17-11-13(12-18(26-2)19(17)27-3)10-14-8-9-23-16-7-5-4-6-15(16)21(24)22-20(14)23/h10,13,15-20H,4-9,11-12H2,1-3H3,(H,22,24)/b14-10+. The molecule has 5 unspecified atom stereocenters. The number of hydrogen-bond donors (Lipinski definition) is 1. The van der Waals surface area contributed by atoms with Gasteiger partial charge < -0.3 is 19.5 Å². The normalized spacial score (nSPS) is 44.0. The van der Waals surface area contributed by atoms with Gasteiger partial charge in [-0.15, -0.1) is 0 Å². The van der Waals surface area contributed by atoms with Crippen molar-refractivity contribution in [2.24, 2.45) is 11.8 Å². The summed E-state index contributed by atoms with van der Waals surface area (Å²) in [6.07, 6.45) is 10.1. The molecule has 2 heterocycles. The van der Waals surface area contributed by atoms with Crippen LogP contribution in [0.4, 0.5) is 0 Å². The Hall–Kier alpha value is -0.950. The van der Waals surface area contributed by atoms with Crippen LogP contribution >= 0.6 is 0 Å². The van der Waals surface area contributed by atoms with Gasteiger partial charge in [0.25, 0.3) is 0 Å². The number of allylic oxidation sites excluding steroid dienone is 1. The van der Waals surface area contributed by atoms with Crippen LogP contribution in [0.2, 0.25) is 0 Å². The third-order valence-electron chi connectivity index (χ3n) is 7.24. The number of amides is 1. The number of nitrogens with one attached hydrogen (secondary N) is 1. The first-order valence-corrected chi connectivity index (χ1v) is 10.5. The average molecular weight is 379 g/mol. The second-order valence-corrected chi connectivity index (χ2v) is 8.58. The molecule has 0 spiro atoms. The molecule has 0 aromatic heterocycles. The van der Waals surface area contributed by atoms with Crippen molar-refractivity contribution in [2.45, 2.75) is 75.5 Å². The van der Waals surface area contributed by atoms with Crippen molar-refractivity contribution in [3.63, 3.8) is 0 Å². The third kappa shape index (κ3) is 3.57. The fraction of sp³-hybridized carbons (Fsp3) is 0.857. The molecule has 0 aromatic carbocycles. The van der Waals surface area contributed by atoms with Gasteiger partial charge in [0.2, 0.25) is 5.91 Å². The Labute approximate surface area is 162 Å². The monoisotopic (exact) mass is 378 g/mol. The lowest BCUT2D eigenvalue weighted by Crippen LogP contribution is -2.61. The summed E-state index contributed by atoms with van der Waals surface area (Å²) in [5.74, 6) is 0.853. The number of nitrogens with zero attached hydrogens (tertiary/aromatic N) is 1. The zero-order valence-corrected chi connectivity index (χ0v) is 16.9. The van der Waals surface area contributed by atoms with Crippen LogP contribution in [-0.4, -0.2) is 69.2 Å². The molecule has 4 fully saturated rings. The summed E-state index contributed by atoms with van der Waals surface area (Å²) >= 11 is 0. The molecular weight excluding hydrogens is 344 g/mol. The lowest BCUT2D eigenvalue weighted by molar-refractivity contribution is -0.136. The van der Waals surface area contributed by atoms with Crippen LogP contribution in [-0.2, 0) is 19.0 Å². The molecule has 4 rings (SSSR count). The highest BCUT2D eigenvalue weighted by Crippen LogP contribution is 2.39. The summed E-state index contributed by atoms with van der Waals surface area (Å²) in [4.78, 5) is 15.2. The van der Waals surface area contributed by atoms with Crippen LogP contribution in [0.25, 0.3) is 0 Å². The largest absolute Gasteiger partial charge is 0.379 e. The Bertz CT molecular complexity index is 567. The van der Waals surface area contributed by atoms with Gasteiger partial charge in [0, 0.05) is 33.9 Å². The first kappa shape index (κ1) is 19.4. The van der Waals surface area contributed by atoms with E-state index in [9.17, 15) is 4.79 Å². The minimum absolute atomic E-state index is 0.0212. The fourth-order valence-corrected chi connectivity index (χ4v) is 5.90. The van der Waals surface area contributed by atoms with E-state index >= 15 is 0 Å². The molecule has 2 aliphatic carbocycles. The highest BCUT2D eigenvalue weighted by atomic mass is 16.6. The Morgan fingerprint density at radius 1 is 1.04 bits per heavy atom. The first-order chi connectivity index (χ1) is 13.2. The summed E-state index contributed by atoms with van der Waals surface area (Å²) in [7, 11) is 5.23. The van der Waals surface area contributed by atoms with Crippen molar-refractivity contribution in [3.05, 3.63) is 11.6 Å². The third-order valence-corrected chi connectivity index (χ3v) is 7.24. The number of rotatable bonds is 4. The molecule has 4 aliphatic rings. The van der Waals surface area contributed by atoms with E-state index < -0.39 is 0 Å². The minimum atomic E-state index is -0.0212. The van der Waals surface area contributed by atoms with Crippen molar-refractivity contribution < 1.29 is 19.0 Å². The molecule has 0 aromatic rings. The molecule has 152 valence electrons. The summed E-state index contributed by atoms with van der Waals surface area (Å²) in [6, 6.07) is 0.436. The molecule has 6 heteroatoms. The Morgan fingerprint density at radius 3 is 2.41 bits per heavy atom. The van der Waals surface area contributed by atoms with Gasteiger partial charge in [-0.1, -0.05) is 18.9 Å². The van der Waals surface area contributed by atoms with Gasteiger partial charge in [-0.2, -0.15) is 0 Å². The molecule has 0 radical (unpaired) electrons. The van der Waals surface area contributed by atoms with Gasteiger partial charge in [-0.25, -0.2) is 0 Å². The highest BCUT2D eigenvalue weighted by Gasteiger charge is 2.47. The average Bonchev–Trinajstić information content (AvgIpc) is 3.10. The first-order valence-electron chi connectivity index (χ1n) is 10.5. The fourth-order valence-electron chi connectivity index (χ4n) is 5.90. The van der Waals surface area contributed by atoms with Gasteiger partial charge in [0.15, 0.2) is 0 Å². The number of hydrogen-bond acceptors (Lipinski definition) is 5. The Morgan fingerprint density at radius 2 is 1.74 bits per heavy atom. The Balaban J connectivity index is 1.50. The minimum Gasteiger partial charge on any atom is -0.379 e. The summed E-state index contributed by atoms with van der Waals surface area (Å²) in [5.41, 5.74) is 1.37. The van der Waals surface area contributed by atoms with Gasteiger partial charge in [0.1, 0.15) is 12.3 Å². The molecule has 27 heavy (non-hydrogen) atoms. The van der Waals surface area contributed by atoms with E-state index in [4.69, 9.17) is 14.2 Å². The second kappa shape index (κ2) is 8.19. The van der Waals surface area contributed by atoms with Gasteiger partial charge >= 0.3 is 0 Å². The smallest absolute Gasteiger partial charge is 0.226 e. The topological polar surface area (TPSA) is 60.0 Å². The molecule has 5 atom stereocenters. The van der Waals surface area contributed by atoms with Crippen LogP contribution in [0.15, 0.2) is 11.6 Å². The zero-order chi connectivity index (χ0) is 19.0. The molecule has 2 aliphatic heterocycles. The lowest BCUT2D eigenvalue weighted by atomic mass is 9.80. The maximum Gasteiger partial charge on any atom is 0.226 e. The lowest BCUT2D eigenvalue weighted by Gasteiger charge is -2.45. The Kier molecular flexibility index (Phi) is 5.88. The predicted octanol–water partition coefficient (Wildman–Crippen LogP) is 2.09. The van der Waals surface area contributed by atoms with Crippen molar-refractivity contribution in [2.75, 3.05) is 27.9 Å². The van der Waals surface area contributed by atoms with Crippen molar-refractivity contribution in [3.8, 4) is 0 Å². The SMILES string of the molecule is COC1CC(/C=C2\CCN3C2NC(=O)C2CCCCC23)CC(OC)C1OC. The summed E-state index contributed by atoms with van der Waals surface area (Å²) in [5, 5.41) is 3.32. The van der Waals surface area contributed by atoms with E-state index in [2.05, 4.69) is 16.3 Å². The van der Waals surface area contributed by atoms with Crippen molar-refractivity contribution >= 4 is 5.91 Å². The number of carbonyl (C=O) groups excluding carboxylic acids is 1. The quantitative estimate of drug-likeness (QED) is 0.759. The zero-order valence-electron chi connectivity index (χ0n) is 16.9. The van der Waals surface area contributed by atoms with Crippen molar-refractivity contribution in [1.82, 2.24) is 10.2 Å². The number of fused-ring (bicyclic) bond motifs is 3. The maximum atomic E-state index is 12.7. The van der Waals surface area contributed by atoms with Gasteiger partial charge in [-0.3, -0.25) is 9.69 Å². The summed E-state index contributed by atoms with van der Waals surface area (Å²) in [6.45, 7) is 1.06. The number of ether oxygens (including phenoxy) is 3. The molecule has 1 N–H and O–H groups in total. The van der Waals surface area contributed by atoms with E-state index in [0.717, 1.165) is 38.6 Å². The maximum absolute atomic E-state index is 12.7. The van der Waals surface area contributed by atoms with Gasteiger partial charge in [-0.05, 0) is 43.6 Å². The van der Waals surface area contributed by atoms with Crippen LogP contribution in [0.3, 0.4) is 0 Å². The molecule has 0 bridgehead atoms. The van der Waals surface area contributed by atoms with Crippen LogP contribution in [0.5, 0.6) is 0 Å². The second-order valence-electron chi connectivity index (χ2n) is 8.58.